The summed E-state index contributed by atoms with van der Waals surface area (Å²) in [4.78, 5) is 34.6. The van der Waals surface area contributed by atoms with Gasteiger partial charge in [0.1, 0.15) is 24.1 Å². The third-order valence-corrected chi connectivity index (χ3v) is 14.4. The highest BCUT2D eigenvalue weighted by molar-refractivity contribution is 6.03. The van der Waals surface area contributed by atoms with Crippen molar-refractivity contribution in [2.75, 3.05) is 19.8 Å². The molecule has 4 aromatic rings. The number of hydrogen-bond donors (Lipinski definition) is 3. The number of rotatable bonds is 21. The molecule has 0 radical (unpaired) electrons. The fraction of sp³-hybridized carbons (Fsp3) is 0.472. The number of amides is 1. The second-order valence-electron chi connectivity index (χ2n) is 18.3. The first kappa shape index (κ1) is 46.0. The van der Waals surface area contributed by atoms with Gasteiger partial charge in [-0.1, -0.05) is 98.3 Å². The Morgan fingerprint density at radius 3 is 2.46 bits per heavy atom. The number of nitro benzene ring substituents is 1. The van der Waals surface area contributed by atoms with E-state index in [2.05, 4.69) is 36.9 Å². The van der Waals surface area contributed by atoms with Gasteiger partial charge in [0.25, 0.3) is 5.69 Å². The summed E-state index contributed by atoms with van der Waals surface area (Å²) in [5, 5.41) is 49.5. The molecule has 1 heterocycles. The highest BCUT2D eigenvalue weighted by Gasteiger charge is 2.65. The summed E-state index contributed by atoms with van der Waals surface area (Å²) in [6.45, 7) is 4.71. The van der Waals surface area contributed by atoms with E-state index in [0.29, 0.717) is 42.2 Å². The molecule has 4 aromatic carbocycles. The molecule has 1 amide bonds. The zero-order valence-electron chi connectivity index (χ0n) is 37.3. The SMILES string of the molecule is C=CCO[C@@]12Oc3ccc(O)cc3[C@H]3[C@H](CCCCO)[C@@H](CCCCO)C=C(C(=NOCc4ccc([N+](=O)[O-])cc4)C[C@@H]1N(Cc1cccc4ccccc14)C(=O)CCC1CCCC1)[C@H]32. The van der Waals surface area contributed by atoms with Crippen molar-refractivity contribution in [1.29, 1.82) is 0 Å². The van der Waals surface area contributed by atoms with Gasteiger partial charge in [-0.25, -0.2) is 0 Å². The molecule has 344 valence electrons. The van der Waals surface area contributed by atoms with Crippen LogP contribution in [0.4, 0.5) is 5.69 Å². The number of phenols is 1. The number of oxime groups is 1. The molecule has 65 heavy (non-hydrogen) atoms. The first-order valence-electron chi connectivity index (χ1n) is 23.6. The van der Waals surface area contributed by atoms with Gasteiger partial charge in [0.15, 0.2) is 0 Å². The second kappa shape index (κ2) is 21.2. The van der Waals surface area contributed by atoms with Gasteiger partial charge in [-0.05, 0) is 108 Å². The van der Waals surface area contributed by atoms with Crippen LogP contribution in [0.5, 0.6) is 11.5 Å². The number of non-ortho nitro benzene ring substituents is 1. The molecule has 12 heteroatoms. The van der Waals surface area contributed by atoms with Crippen LogP contribution in [-0.4, -0.2) is 68.4 Å². The molecule has 0 saturated heterocycles. The number of unbranched alkanes of at least 4 members (excludes halogenated alkanes) is 2. The van der Waals surface area contributed by atoms with Gasteiger partial charge >= 0.3 is 0 Å². The van der Waals surface area contributed by atoms with Crippen LogP contribution in [0.15, 0.2) is 114 Å². The standard InChI is InChI=1S/C53H63N3O9/c1-2-30-63-53-49(55(50(60)27-22-36-12-3-4-13-36)34-40-17-11-16-38-14-5-6-18-43(38)40)33-47(54-64-35-37-20-23-41(24-21-37)56(61)62)45-31-39(15-7-9-28-57)44(19-8-10-29-58)51(52(45)53)46-32-42(59)25-26-48(46)65-53/h2,5-6,11,14,16-18,20-21,23-26,31-32,36,39,44,49,51-52,57-59H,1,3-4,7-10,12-13,15,19,22,27-30,33-35H2/t39-,44+,49-,51+,52+,53+/m0/s1. The Labute approximate surface area is 381 Å². The lowest BCUT2D eigenvalue weighted by Crippen LogP contribution is -2.70. The number of carbonyl (C=O) groups is 1. The van der Waals surface area contributed by atoms with E-state index < -0.39 is 22.7 Å². The Balaban J connectivity index is 1.32. The lowest BCUT2D eigenvalue weighted by Gasteiger charge is -2.60. The van der Waals surface area contributed by atoms with Crippen molar-refractivity contribution in [3.63, 3.8) is 0 Å². The summed E-state index contributed by atoms with van der Waals surface area (Å²) >= 11 is 0. The average molecular weight is 886 g/mol. The van der Waals surface area contributed by atoms with Crippen LogP contribution in [0.25, 0.3) is 10.8 Å². The van der Waals surface area contributed by atoms with E-state index in [1.807, 2.05) is 29.2 Å². The van der Waals surface area contributed by atoms with Crippen molar-refractivity contribution in [1.82, 2.24) is 4.90 Å². The quantitative estimate of drug-likeness (QED) is 0.0320. The molecule has 3 N–H and O–H groups in total. The van der Waals surface area contributed by atoms with Gasteiger partial charge in [0.05, 0.1) is 23.2 Å². The second-order valence-corrected chi connectivity index (χ2v) is 18.3. The molecule has 12 nitrogen and oxygen atoms in total. The maximum Gasteiger partial charge on any atom is 0.269 e. The first-order valence-corrected chi connectivity index (χ1v) is 23.6. The van der Waals surface area contributed by atoms with Crippen molar-refractivity contribution in [3.8, 4) is 11.5 Å². The first-order chi connectivity index (χ1) is 31.7. The minimum Gasteiger partial charge on any atom is -0.508 e. The molecule has 8 rings (SSSR count). The zero-order valence-corrected chi connectivity index (χ0v) is 37.3. The maximum absolute atomic E-state index is 15.4. The molecule has 0 aromatic heterocycles. The van der Waals surface area contributed by atoms with Crippen LogP contribution in [0.3, 0.4) is 0 Å². The third-order valence-electron chi connectivity index (χ3n) is 14.4. The van der Waals surface area contributed by atoms with E-state index in [9.17, 15) is 25.4 Å². The minimum absolute atomic E-state index is 0.00354. The summed E-state index contributed by atoms with van der Waals surface area (Å²) in [5.74, 6) is -1.01. The molecule has 6 atom stereocenters. The minimum atomic E-state index is -1.44. The number of carbonyl (C=O) groups excluding carboxylic acids is 1. The lowest BCUT2D eigenvalue weighted by atomic mass is 9.55. The lowest BCUT2D eigenvalue weighted by molar-refractivity contribution is -0.384. The molecular weight excluding hydrogens is 823 g/mol. The molecule has 0 unspecified atom stereocenters. The largest absolute Gasteiger partial charge is 0.508 e. The number of fused-ring (bicyclic) bond motifs is 3. The molecule has 3 aliphatic carbocycles. The van der Waals surface area contributed by atoms with Crippen LogP contribution in [0.2, 0.25) is 0 Å². The summed E-state index contributed by atoms with van der Waals surface area (Å²) in [7, 11) is 0. The predicted molar refractivity (Wildman–Crippen MR) is 250 cm³/mol. The Morgan fingerprint density at radius 2 is 1.71 bits per heavy atom. The molecular formula is C53H63N3O9. The normalized spacial score (nSPS) is 24.2. The van der Waals surface area contributed by atoms with Gasteiger partial charge < -0.3 is 34.5 Å². The third kappa shape index (κ3) is 10.0. The average Bonchev–Trinajstić information content (AvgIpc) is 3.85. The van der Waals surface area contributed by atoms with Gasteiger partial charge in [-0.3, -0.25) is 14.9 Å². The number of ether oxygens (including phenoxy) is 2. The summed E-state index contributed by atoms with van der Waals surface area (Å²) in [6, 6.07) is 25.2. The number of aliphatic hydroxyl groups is 2. The van der Waals surface area contributed by atoms with Gasteiger partial charge in [0.2, 0.25) is 11.7 Å². The van der Waals surface area contributed by atoms with E-state index in [1.165, 1.54) is 25.0 Å². The van der Waals surface area contributed by atoms with Crippen molar-refractivity contribution in [2.45, 2.75) is 114 Å². The van der Waals surface area contributed by atoms with E-state index in [-0.39, 0.29) is 74.5 Å². The number of aliphatic hydroxyl groups excluding tert-OH is 2. The Bertz CT molecular complexity index is 2350. The highest BCUT2D eigenvalue weighted by atomic mass is 16.7. The van der Waals surface area contributed by atoms with Crippen molar-refractivity contribution >= 4 is 28.1 Å². The molecule has 1 aliphatic heterocycles. The van der Waals surface area contributed by atoms with Crippen LogP contribution >= 0.6 is 0 Å². The zero-order chi connectivity index (χ0) is 45.3. The maximum atomic E-state index is 15.4. The van der Waals surface area contributed by atoms with Gasteiger partial charge in [0, 0.05) is 56.2 Å². The fourth-order valence-corrected chi connectivity index (χ4v) is 11.3. The smallest absolute Gasteiger partial charge is 0.269 e. The van der Waals surface area contributed by atoms with E-state index >= 15 is 4.79 Å². The van der Waals surface area contributed by atoms with Crippen LogP contribution in [0.1, 0.15) is 106 Å². The molecule has 0 spiro atoms. The number of allylic oxidation sites excluding steroid dienone is 1. The fourth-order valence-electron chi connectivity index (χ4n) is 11.3. The number of aromatic hydroxyl groups is 1. The molecule has 2 saturated carbocycles. The monoisotopic (exact) mass is 885 g/mol. The molecule has 0 bridgehead atoms. The van der Waals surface area contributed by atoms with E-state index in [0.717, 1.165) is 72.4 Å². The summed E-state index contributed by atoms with van der Waals surface area (Å²) in [5.41, 5.74) is 4.09. The van der Waals surface area contributed by atoms with Crippen LogP contribution < -0.4 is 4.74 Å². The Morgan fingerprint density at radius 1 is 0.954 bits per heavy atom. The molecule has 4 aliphatic rings. The summed E-state index contributed by atoms with van der Waals surface area (Å²) < 4.78 is 14.6. The number of hydrogen-bond acceptors (Lipinski definition) is 10. The summed E-state index contributed by atoms with van der Waals surface area (Å²) in [6.07, 6.45) is 14.4. The number of nitrogens with zero attached hydrogens (tertiary/aromatic N) is 3. The van der Waals surface area contributed by atoms with Crippen molar-refractivity contribution in [3.05, 3.63) is 136 Å². The Hall–Kier alpha value is -5.56. The van der Waals surface area contributed by atoms with Crippen molar-refractivity contribution in [2.24, 2.45) is 28.8 Å². The predicted octanol–water partition coefficient (Wildman–Crippen LogP) is 10.3. The number of benzene rings is 4. The number of nitro groups is 1. The van der Waals surface area contributed by atoms with Gasteiger partial charge in [-0.2, -0.15) is 0 Å². The van der Waals surface area contributed by atoms with Crippen LogP contribution in [0, 0.1) is 33.8 Å². The van der Waals surface area contributed by atoms with E-state index in [4.69, 9.17) is 19.5 Å². The van der Waals surface area contributed by atoms with Gasteiger partial charge in [-0.15, -0.1) is 6.58 Å². The van der Waals surface area contributed by atoms with Crippen LogP contribution in [-0.2, 0) is 27.5 Å². The topological polar surface area (TPSA) is 164 Å². The Kier molecular flexibility index (Phi) is 15.0. The molecule has 2 fully saturated rings. The van der Waals surface area contributed by atoms with E-state index in [1.54, 1.807) is 30.3 Å². The number of phenolic OH excluding ortho intramolecular Hbond substituents is 1. The highest BCUT2D eigenvalue weighted by Crippen LogP contribution is 2.62. The van der Waals surface area contributed by atoms with Crippen molar-refractivity contribution < 1.29 is 39.3 Å².